The Balaban J connectivity index is 1.88. The Hall–Kier alpha value is -2.63. The number of nitrogens with one attached hydrogen (secondary N) is 1. The number of hydrogen-bond acceptors (Lipinski definition) is 2. The lowest BCUT2D eigenvalue weighted by Gasteiger charge is -2.10. The number of hydrogen-bond donors (Lipinski definition) is 1. The molecule has 1 heterocycles. The van der Waals surface area contributed by atoms with Crippen LogP contribution in [0.15, 0.2) is 65.6 Å². The molecule has 132 valence electrons. The minimum Gasteiger partial charge on any atom is -0.320 e. The van der Waals surface area contributed by atoms with Crippen LogP contribution in [0.1, 0.15) is 15.9 Å². The quantitative estimate of drug-likeness (QED) is 0.707. The summed E-state index contributed by atoms with van der Waals surface area (Å²) in [4.78, 5) is 25.1. The molecule has 26 heavy (non-hydrogen) atoms. The second kappa shape index (κ2) is 7.72. The predicted molar refractivity (Wildman–Crippen MR) is 101 cm³/mol. The van der Waals surface area contributed by atoms with Crippen LogP contribution in [0.2, 0.25) is 10.0 Å². The molecule has 0 aliphatic rings. The number of carbonyl (C=O) groups excluding carboxylic acids is 1. The molecule has 3 rings (SSSR count). The number of pyridine rings is 1. The van der Waals surface area contributed by atoms with Crippen molar-refractivity contribution in [3.8, 4) is 0 Å². The molecule has 0 fully saturated rings. The van der Waals surface area contributed by atoms with E-state index in [1.54, 1.807) is 36.4 Å². The number of amides is 1. The third-order valence-electron chi connectivity index (χ3n) is 3.71. The van der Waals surface area contributed by atoms with Gasteiger partial charge >= 0.3 is 0 Å². The summed E-state index contributed by atoms with van der Waals surface area (Å²) in [7, 11) is 0. The van der Waals surface area contributed by atoms with Gasteiger partial charge in [0.25, 0.3) is 11.5 Å². The maximum atomic E-state index is 13.3. The van der Waals surface area contributed by atoms with Crippen LogP contribution in [0.4, 0.5) is 10.1 Å². The average molecular weight is 391 g/mol. The van der Waals surface area contributed by atoms with Crippen LogP contribution >= 0.6 is 23.2 Å². The summed E-state index contributed by atoms with van der Waals surface area (Å²) in [5.41, 5.74) is 0.374. The maximum absolute atomic E-state index is 13.3. The van der Waals surface area contributed by atoms with Gasteiger partial charge in [-0.25, -0.2) is 4.39 Å². The van der Waals surface area contributed by atoms with E-state index in [0.29, 0.717) is 16.3 Å². The number of halogens is 3. The second-order valence-corrected chi connectivity index (χ2v) is 6.33. The minimum atomic E-state index is -0.604. The van der Waals surface area contributed by atoms with Crippen LogP contribution in [0.25, 0.3) is 0 Å². The van der Waals surface area contributed by atoms with E-state index in [9.17, 15) is 14.0 Å². The summed E-state index contributed by atoms with van der Waals surface area (Å²) >= 11 is 12.0. The molecule has 0 saturated heterocycles. The number of rotatable bonds is 4. The first kappa shape index (κ1) is 18.2. The van der Waals surface area contributed by atoms with Gasteiger partial charge in [-0.1, -0.05) is 41.4 Å². The first-order chi connectivity index (χ1) is 12.5. The zero-order valence-corrected chi connectivity index (χ0v) is 14.9. The monoisotopic (exact) mass is 390 g/mol. The molecular weight excluding hydrogens is 378 g/mol. The fraction of sp³-hybridized carbons (Fsp3) is 0.0526. The summed E-state index contributed by atoms with van der Waals surface area (Å²) in [6.07, 6.45) is 1.54. The number of anilines is 1. The highest BCUT2D eigenvalue weighted by molar-refractivity contribution is 6.44. The molecule has 0 aliphatic heterocycles. The summed E-state index contributed by atoms with van der Waals surface area (Å²) in [5.74, 6) is -0.993. The molecule has 0 atom stereocenters. The minimum absolute atomic E-state index is 0.0556. The van der Waals surface area contributed by atoms with Crippen molar-refractivity contribution >= 4 is 34.8 Å². The van der Waals surface area contributed by atoms with Gasteiger partial charge in [-0.2, -0.15) is 0 Å². The first-order valence-electron chi connectivity index (χ1n) is 7.65. The van der Waals surface area contributed by atoms with E-state index >= 15 is 0 Å². The normalized spacial score (nSPS) is 10.6. The van der Waals surface area contributed by atoms with Crippen LogP contribution in [-0.4, -0.2) is 10.5 Å². The zero-order valence-electron chi connectivity index (χ0n) is 13.4. The van der Waals surface area contributed by atoms with E-state index in [1.165, 1.54) is 29.0 Å². The lowest BCUT2D eigenvalue weighted by Crippen LogP contribution is -2.29. The van der Waals surface area contributed by atoms with E-state index in [0.717, 1.165) is 0 Å². The van der Waals surface area contributed by atoms with Gasteiger partial charge in [0, 0.05) is 6.20 Å². The maximum Gasteiger partial charge on any atom is 0.263 e. The standard InChI is InChI=1S/C19H13Cl2FN2O2/c20-15-7-2-8-16(17(15)21)23-18(25)14-6-3-9-24(19(14)26)11-12-4-1-5-13(22)10-12/h1-10H,11H2,(H,23,25). The first-order valence-corrected chi connectivity index (χ1v) is 8.40. The van der Waals surface area contributed by atoms with Gasteiger partial charge < -0.3 is 9.88 Å². The third kappa shape index (κ3) is 3.95. The molecule has 0 radical (unpaired) electrons. The predicted octanol–water partition coefficient (Wildman–Crippen LogP) is 4.59. The molecular formula is C19H13Cl2FN2O2. The second-order valence-electron chi connectivity index (χ2n) is 5.54. The molecule has 4 nitrogen and oxygen atoms in total. The van der Waals surface area contributed by atoms with Gasteiger partial charge in [0.15, 0.2) is 0 Å². The van der Waals surface area contributed by atoms with Gasteiger partial charge in [-0.3, -0.25) is 9.59 Å². The molecule has 0 saturated carbocycles. The number of nitrogens with zero attached hydrogens (tertiary/aromatic N) is 1. The number of carbonyl (C=O) groups is 1. The highest BCUT2D eigenvalue weighted by Gasteiger charge is 2.15. The van der Waals surface area contributed by atoms with E-state index < -0.39 is 11.5 Å². The molecule has 2 aromatic carbocycles. The fourth-order valence-corrected chi connectivity index (χ4v) is 2.80. The lowest BCUT2D eigenvalue weighted by molar-refractivity contribution is 0.102. The summed E-state index contributed by atoms with van der Waals surface area (Å²) in [5, 5.41) is 3.07. The zero-order chi connectivity index (χ0) is 18.7. The summed E-state index contributed by atoms with van der Waals surface area (Å²) in [6, 6.07) is 13.7. The van der Waals surface area contributed by atoms with Crippen LogP contribution in [0, 0.1) is 5.82 Å². The van der Waals surface area contributed by atoms with Crippen molar-refractivity contribution in [1.29, 1.82) is 0 Å². The molecule has 0 bridgehead atoms. The molecule has 1 aromatic heterocycles. The smallest absolute Gasteiger partial charge is 0.263 e. The number of benzene rings is 2. The summed E-state index contributed by atoms with van der Waals surface area (Å²) in [6.45, 7) is 0.148. The van der Waals surface area contributed by atoms with Crippen molar-refractivity contribution < 1.29 is 9.18 Å². The van der Waals surface area contributed by atoms with Gasteiger partial charge in [0.1, 0.15) is 11.4 Å². The molecule has 1 amide bonds. The Kier molecular flexibility index (Phi) is 5.40. The van der Waals surface area contributed by atoms with Crippen LogP contribution in [0.5, 0.6) is 0 Å². The largest absolute Gasteiger partial charge is 0.320 e. The van der Waals surface area contributed by atoms with Crippen molar-refractivity contribution in [2.45, 2.75) is 6.54 Å². The van der Waals surface area contributed by atoms with Gasteiger partial charge in [0.05, 0.1) is 22.3 Å². The Labute approximate surface area is 158 Å². The van der Waals surface area contributed by atoms with E-state index in [2.05, 4.69) is 5.32 Å². The summed E-state index contributed by atoms with van der Waals surface area (Å²) < 4.78 is 14.7. The number of aromatic nitrogens is 1. The lowest BCUT2D eigenvalue weighted by atomic mass is 10.2. The fourth-order valence-electron chi connectivity index (χ4n) is 2.46. The molecule has 1 N–H and O–H groups in total. The van der Waals surface area contributed by atoms with Gasteiger partial charge in [-0.05, 0) is 42.0 Å². The van der Waals surface area contributed by atoms with Crippen LogP contribution in [-0.2, 0) is 6.54 Å². The highest BCUT2D eigenvalue weighted by atomic mass is 35.5. The van der Waals surface area contributed by atoms with Crippen molar-refractivity contribution in [2.24, 2.45) is 0 Å². The van der Waals surface area contributed by atoms with Crippen LogP contribution < -0.4 is 10.9 Å². The molecule has 0 aliphatic carbocycles. The molecule has 7 heteroatoms. The Morgan fingerprint density at radius 2 is 1.85 bits per heavy atom. The van der Waals surface area contributed by atoms with Crippen LogP contribution in [0.3, 0.4) is 0 Å². The van der Waals surface area contributed by atoms with Crippen molar-refractivity contribution in [2.75, 3.05) is 5.32 Å². The van der Waals surface area contributed by atoms with Crippen molar-refractivity contribution in [1.82, 2.24) is 4.57 Å². The van der Waals surface area contributed by atoms with E-state index in [1.807, 2.05) is 0 Å². The van der Waals surface area contributed by atoms with Crippen molar-refractivity contribution in [3.63, 3.8) is 0 Å². The topological polar surface area (TPSA) is 51.1 Å². The van der Waals surface area contributed by atoms with E-state index in [-0.39, 0.29) is 22.9 Å². The SMILES string of the molecule is O=C(Nc1cccc(Cl)c1Cl)c1cccn(Cc2cccc(F)c2)c1=O. The van der Waals surface area contributed by atoms with E-state index in [4.69, 9.17) is 23.2 Å². The highest BCUT2D eigenvalue weighted by Crippen LogP contribution is 2.29. The van der Waals surface area contributed by atoms with Crippen molar-refractivity contribution in [3.05, 3.63) is 98.1 Å². The molecule has 0 spiro atoms. The third-order valence-corrected chi connectivity index (χ3v) is 4.53. The Morgan fingerprint density at radius 1 is 1.08 bits per heavy atom. The Bertz CT molecular complexity index is 1030. The average Bonchev–Trinajstić information content (AvgIpc) is 2.61. The molecule has 3 aromatic rings. The molecule has 0 unspecified atom stereocenters. The van der Waals surface area contributed by atoms with Gasteiger partial charge in [-0.15, -0.1) is 0 Å². The Morgan fingerprint density at radius 3 is 2.62 bits per heavy atom. The van der Waals surface area contributed by atoms with Gasteiger partial charge in [0.2, 0.25) is 0 Å².